The summed E-state index contributed by atoms with van der Waals surface area (Å²) >= 11 is 3.26. The van der Waals surface area contributed by atoms with Gasteiger partial charge in [-0.3, -0.25) is 14.5 Å². The van der Waals surface area contributed by atoms with Crippen molar-refractivity contribution in [1.82, 2.24) is 14.8 Å². The number of likely N-dealkylation sites (N-methyl/N-ethyl adjacent to an activating group) is 1. The fourth-order valence-corrected chi connectivity index (χ4v) is 5.37. The predicted octanol–water partition coefficient (Wildman–Crippen LogP) is 2.40. The fraction of sp³-hybridized carbons (Fsp3) is 0.476. The minimum Gasteiger partial charge on any atom is -0.393 e. The first kappa shape index (κ1) is 21.2. The summed E-state index contributed by atoms with van der Waals surface area (Å²) in [6.45, 7) is 1.46. The molecule has 9 heteroatoms. The van der Waals surface area contributed by atoms with Crippen molar-refractivity contribution in [3.63, 3.8) is 0 Å². The van der Waals surface area contributed by atoms with Gasteiger partial charge < -0.3 is 10.0 Å². The van der Waals surface area contributed by atoms with Crippen LogP contribution in [0.25, 0.3) is 0 Å². The average Bonchev–Trinajstić information content (AvgIpc) is 3.48. The lowest BCUT2D eigenvalue weighted by Crippen LogP contribution is -2.46. The van der Waals surface area contributed by atoms with E-state index in [1.807, 2.05) is 35.0 Å². The van der Waals surface area contributed by atoms with Gasteiger partial charge in [-0.25, -0.2) is 5.01 Å². The topological polar surface area (TPSA) is 76.5 Å². The van der Waals surface area contributed by atoms with Gasteiger partial charge in [0.25, 0.3) is 5.91 Å². The Morgan fingerprint density at radius 3 is 2.50 bits per heavy atom. The third kappa shape index (κ3) is 4.80. The Bertz CT molecular complexity index is 890. The number of carbonyl (C=O) groups is 2. The van der Waals surface area contributed by atoms with Crippen LogP contribution in [0.15, 0.2) is 40.1 Å². The molecule has 1 N–H and O–H groups in total. The molecule has 0 saturated carbocycles. The molecule has 0 aliphatic carbocycles. The molecule has 30 heavy (non-hydrogen) atoms. The van der Waals surface area contributed by atoms with E-state index in [0.29, 0.717) is 32.4 Å². The second kappa shape index (κ2) is 9.38. The zero-order valence-corrected chi connectivity index (χ0v) is 18.6. The van der Waals surface area contributed by atoms with E-state index in [1.165, 1.54) is 0 Å². The van der Waals surface area contributed by atoms with E-state index in [4.69, 9.17) is 0 Å². The van der Waals surface area contributed by atoms with E-state index >= 15 is 0 Å². The van der Waals surface area contributed by atoms with E-state index < -0.39 is 0 Å². The van der Waals surface area contributed by atoms with Gasteiger partial charge in [-0.1, -0.05) is 12.1 Å². The molecule has 7 nitrogen and oxygen atoms in total. The molecule has 0 radical (unpaired) electrons. The summed E-state index contributed by atoms with van der Waals surface area (Å²) in [7, 11) is 1.79. The number of aliphatic hydroxyl groups is 1. The van der Waals surface area contributed by atoms with Crippen LogP contribution in [0.3, 0.4) is 0 Å². The van der Waals surface area contributed by atoms with Crippen molar-refractivity contribution < 1.29 is 14.7 Å². The number of carbonyl (C=O) groups excluding carboxylic acids is 2. The van der Waals surface area contributed by atoms with Crippen molar-refractivity contribution >= 4 is 40.2 Å². The Balaban J connectivity index is 1.40. The molecule has 1 unspecified atom stereocenters. The summed E-state index contributed by atoms with van der Waals surface area (Å²) in [4.78, 5) is 31.4. The predicted molar refractivity (Wildman–Crippen MR) is 119 cm³/mol. The number of hydrogen-bond acceptors (Lipinski definition) is 7. The van der Waals surface area contributed by atoms with Gasteiger partial charge in [0.2, 0.25) is 5.91 Å². The molecule has 0 spiro atoms. The van der Waals surface area contributed by atoms with E-state index in [9.17, 15) is 14.7 Å². The molecule has 0 aromatic carbocycles. The molecule has 2 aliphatic rings. The maximum Gasteiger partial charge on any atom is 0.257 e. The summed E-state index contributed by atoms with van der Waals surface area (Å²) in [6.07, 6.45) is 1.62. The van der Waals surface area contributed by atoms with Crippen LogP contribution in [-0.4, -0.2) is 76.8 Å². The van der Waals surface area contributed by atoms with Crippen LogP contribution in [0.4, 0.5) is 0 Å². The van der Waals surface area contributed by atoms with E-state index in [-0.39, 0.29) is 37.0 Å². The Morgan fingerprint density at radius 1 is 1.13 bits per heavy atom. The molecule has 4 heterocycles. The maximum atomic E-state index is 13.1. The first-order valence-corrected chi connectivity index (χ1v) is 11.9. The standard InChI is InChI=1S/C21H26N4O3S2/c1-23(13-20(27)24-8-6-15(26)7-9-24)14-21(28)25-17(19-5-3-11-30-19)12-16(22-25)18-4-2-10-29-18/h2-5,10-11,15,17,26H,6-9,12-14H2,1H3. The number of thiophene rings is 2. The molecule has 160 valence electrons. The smallest absolute Gasteiger partial charge is 0.257 e. The highest BCUT2D eigenvalue weighted by atomic mass is 32.1. The van der Waals surface area contributed by atoms with Crippen LogP contribution >= 0.6 is 22.7 Å². The zero-order chi connectivity index (χ0) is 21.1. The third-order valence-electron chi connectivity index (χ3n) is 5.47. The quantitative estimate of drug-likeness (QED) is 0.739. The molecular formula is C21H26N4O3S2. The van der Waals surface area contributed by atoms with Crippen molar-refractivity contribution in [3.05, 3.63) is 44.8 Å². The van der Waals surface area contributed by atoms with Crippen molar-refractivity contribution in [3.8, 4) is 0 Å². The SMILES string of the molecule is CN(CC(=O)N1CCC(O)CC1)CC(=O)N1N=C(c2cccs2)CC1c1cccs1. The van der Waals surface area contributed by atoms with Gasteiger partial charge in [-0.2, -0.15) is 5.10 Å². The van der Waals surface area contributed by atoms with Gasteiger partial charge in [0.1, 0.15) is 0 Å². The summed E-state index contributed by atoms with van der Waals surface area (Å²) in [6, 6.07) is 7.96. The lowest BCUT2D eigenvalue weighted by molar-refractivity contribution is -0.137. The molecule has 0 bridgehead atoms. The van der Waals surface area contributed by atoms with Crippen molar-refractivity contribution in [2.24, 2.45) is 5.10 Å². The number of rotatable bonds is 6. The van der Waals surface area contributed by atoms with Crippen LogP contribution in [0.2, 0.25) is 0 Å². The van der Waals surface area contributed by atoms with E-state index in [2.05, 4.69) is 5.10 Å². The first-order chi connectivity index (χ1) is 14.5. The number of likely N-dealkylation sites (tertiary alicyclic amines) is 1. The summed E-state index contributed by atoms with van der Waals surface area (Å²) in [5.74, 6) is -0.111. The van der Waals surface area contributed by atoms with Crippen molar-refractivity contribution in [2.75, 3.05) is 33.2 Å². The number of hydrazone groups is 1. The lowest BCUT2D eigenvalue weighted by atomic mass is 10.1. The van der Waals surface area contributed by atoms with Crippen LogP contribution in [0.5, 0.6) is 0 Å². The van der Waals surface area contributed by atoms with Gasteiger partial charge in [-0.15, -0.1) is 22.7 Å². The van der Waals surface area contributed by atoms with Gasteiger partial charge in [0.05, 0.1) is 35.8 Å². The van der Waals surface area contributed by atoms with Gasteiger partial charge in [0, 0.05) is 24.4 Å². The molecule has 2 amide bonds. The number of nitrogens with zero attached hydrogens (tertiary/aromatic N) is 4. The zero-order valence-electron chi connectivity index (χ0n) is 16.9. The van der Waals surface area contributed by atoms with Crippen molar-refractivity contribution in [2.45, 2.75) is 31.4 Å². The molecule has 1 fully saturated rings. The highest BCUT2D eigenvalue weighted by Crippen LogP contribution is 2.35. The molecule has 1 saturated heterocycles. The Labute approximate surface area is 184 Å². The van der Waals surface area contributed by atoms with Crippen molar-refractivity contribution in [1.29, 1.82) is 0 Å². The molecule has 2 aromatic rings. The lowest BCUT2D eigenvalue weighted by Gasteiger charge is -2.31. The second-order valence-electron chi connectivity index (χ2n) is 7.78. The monoisotopic (exact) mass is 446 g/mol. The summed E-state index contributed by atoms with van der Waals surface area (Å²) < 4.78 is 0. The summed E-state index contributed by atoms with van der Waals surface area (Å²) in [5, 5.41) is 19.9. The average molecular weight is 447 g/mol. The normalized spacial score (nSPS) is 20.1. The maximum absolute atomic E-state index is 13.1. The minimum absolute atomic E-state index is 0.00351. The van der Waals surface area contributed by atoms with Crippen LogP contribution < -0.4 is 0 Å². The highest BCUT2D eigenvalue weighted by molar-refractivity contribution is 7.12. The van der Waals surface area contributed by atoms with Gasteiger partial charge in [0.15, 0.2) is 0 Å². The molecular weight excluding hydrogens is 420 g/mol. The number of aliphatic hydroxyl groups excluding tert-OH is 1. The van der Waals surface area contributed by atoms with Crippen LogP contribution in [0.1, 0.15) is 35.1 Å². The number of piperidine rings is 1. The van der Waals surface area contributed by atoms with Gasteiger partial charge in [-0.05, 0) is 42.8 Å². The minimum atomic E-state index is -0.312. The Morgan fingerprint density at radius 2 is 1.83 bits per heavy atom. The number of hydrogen-bond donors (Lipinski definition) is 1. The highest BCUT2D eigenvalue weighted by Gasteiger charge is 2.34. The molecule has 2 aromatic heterocycles. The first-order valence-electron chi connectivity index (χ1n) is 10.1. The second-order valence-corrected chi connectivity index (χ2v) is 9.71. The number of amides is 2. The molecule has 4 rings (SSSR count). The van der Waals surface area contributed by atoms with E-state index in [1.54, 1.807) is 44.5 Å². The molecule has 2 aliphatic heterocycles. The van der Waals surface area contributed by atoms with Crippen LogP contribution in [0, 0.1) is 0 Å². The molecule has 1 atom stereocenters. The fourth-order valence-electron chi connectivity index (χ4n) is 3.84. The third-order valence-corrected chi connectivity index (χ3v) is 7.36. The van der Waals surface area contributed by atoms with Gasteiger partial charge >= 0.3 is 0 Å². The Hall–Kier alpha value is -2.07. The van der Waals surface area contributed by atoms with Crippen LogP contribution in [-0.2, 0) is 9.59 Å². The Kier molecular flexibility index (Phi) is 6.62. The largest absolute Gasteiger partial charge is 0.393 e. The van der Waals surface area contributed by atoms with E-state index in [0.717, 1.165) is 15.5 Å². The summed E-state index contributed by atoms with van der Waals surface area (Å²) in [5.41, 5.74) is 0.933.